The second kappa shape index (κ2) is 6.90. The number of hydrogen-bond acceptors (Lipinski definition) is 2. The Bertz CT molecular complexity index is 1240. The Morgan fingerprint density at radius 1 is 0.607 bits per heavy atom. The zero-order chi connectivity index (χ0) is 18.9. The van der Waals surface area contributed by atoms with Crippen LogP contribution in [0.4, 0.5) is 11.4 Å². The number of hydrogen-bond donors (Lipinski definition) is 0. The second-order valence-corrected chi connectivity index (χ2v) is 6.94. The fraction of sp³-hybridized carbons (Fsp3) is 0.0769. The van der Waals surface area contributed by atoms with Crippen LogP contribution in [-0.2, 0) is 0 Å². The van der Waals surface area contributed by atoms with Gasteiger partial charge in [-0.05, 0) is 48.4 Å². The largest absolute Gasteiger partial charge is 0.456 e. The van der Waals surface area contributed by atoms with Crippen molar-refractivity contribution in [3.05, 3.63) is 97.1 Å². The molecule has 136 valence electrons. The van der Waals surface area contributed by atoms with E-state index in [-0.39, 0.29) is 0 Å². The third-order valence-electron chi connectivity index (χ3n) is 5.28. The molecule has 0 bridgehead atoms. The molecule has 1 heterocycles. The van der Waals surface area contributed by atoms with Crippen molar-refractivity contribution in [2.24, 2.45) is 0 Å². The Labute approximate surface area is 164 Å². The molecule has 0 amide bonds. The van der Waals surface area contributed by atoms with Crippen molar-refractivity contribution < 1.29 is 4.42 Å². The summed E-state index contributed by atoms with van der Waals surface area (Å²) < 4.78 is 6.07. The second-order valence-electron chi connectivity index (χ2n) is 6.94. The first kappa shape index (κ1) is 16.6. The lowest BCUT2D eigenvalue weighted by molar-refractivity contribution is 0.669. The Morgan fingerprint density at radius 3 is 2.04 bits per heavy atom. The maximum absolute atomic E-state index is 6.07. The minimum absolute atomic E-state index is 0.885. The molecule has 0 radical (unpaired) electrons. The van der Waals surface area contributed by atoms with Crippen molar-refractivity contribution in [3.63, 3.8) is 0 Å². The van der Waals surface area contributed by atoms with Crippen LogP contribution in [0, 0.1) is 0 Å². The van der Waals surface area contributed by atoms with E-state index in [2.05, 4.69) is 90.7 Å². The van der Waals surface area contributed by atoms with Crippen LogP contribution in [0.2, 0.25) is 0 Å². The van der Waals surface area contributed by atoms with Gasteiger partial charge in [0, 0.05) is 34.8 Å². The summed E-state index contributed by atoms with van der Waals surface area (Å²) in [4.78, 5) is 2.31. The van der Waals surface area contributed by atoms with Crippen LogP contribution in [0.3, 0.4) is 0 Å². The molecule has 0 saturated heterocycles. The lowest BCUT2D eigenvalue weighted by atomic mass is 10.1. The Morgan fingerprint density at radius 2 is 1.25 bits per heavy atom. The monoisotopic (exact) mass is 363 g/mol. The molecule has 4 aromatic carbocycles. The molecular weight excluding hydrogens is 342 g/mol. The summed E-state index contributed by atoms with van der Waals surface area (Å²) in [6, 6.07) is 33.9. The van der Waals surface area contributed by atoms with Crippen LogP contribution >= 0.6 is 0 Å². The average Bonchev–Trinajstić information content (AvgIpc) is 3.13. The van der Waals surface area contributed by atoms with Crippen LogP contribution in [0.5, 0.6) is 0 Å². The van der Waals surface area contributed by atoms with E-state index < -0.39 is 0 Å². The van der Waals surface area contributed by atoms with Crippen molar-refractivity contribution in [1.29, 1.82) is 0 Å². The number of fused-ring (bicyclic) bond motifs is 3. The highest BCUT2D eigenvalue weighted by Crippen LogP contribution is 2.34. The average molecular weight is 363 g/mol. The van der Waals surface area contributed by atoms with E-state index in [4.69, 9.17) is 4.42 Å². The SMILES string of the molecule is CCN(c1ccc(-c2ccccc2)cc1)c1ccc2c(c1)oc1ccccc12. The predicted octanol–water partition coefficient (Wildman–Crippen LogP) is 7.41. The predicted molar refractivity (Wildman–Crippen MR) is 118 cm³/mol. The number of anilines is 2. The number of benzene rings is 4. The van der Waals surface area contributed by atoms with Gasteiger partial charge in [0.15, 0.2) is 0 Å². The molecule has 2 heteroatoms. The third-order valence-corrected chi connectivity index (χ3v) is 5.28. The van der Waals surface area contributed by atoms with Gasteiger partial charge in [-0.1, -0.05) is 60.7 Å². The maximum atomic E-state index is 6.07. The molecule has 28 heavy (non-hydrogen) atoms. The van der Waals surface area contributed by atoms with Gasteiger partial charge in [0.05, 0.1) is 0 Å². The first-order chi connectivity index (χ1) is 13.8. The summed E-state index contributed by atoms with van der Waals surface area (Å²) in [5.74, 6) is 0. The van der Waals surface area contributed by atoms with Crippen LogP contribution in [0.25, 0.3) is 33.1 Å². The van der Waals surface area contributed by atoms with E-state index in [0.717, 1.165) is 28.8 Å². The first-order valence-electron chi connectivity index (χ1n) is 9.68. The summed E-state index contributed by atoms with van der Waals surface area (Å²) in [5, 5.41) is 2.33. The summed E-state index contributed by atoms with van der Waals surface area (Å²) in [5.41, 5.74) is 6.65. The van der Waals surface area contributed by atoms with Gasteiger partial charge in [0.1, 0.15) is 11.2 Å². The van der Waals surface area contributed by atoms with Crippen LogP contribution in [0.15, 0.2) is 101 Å². The quantitative estimate of drug-likeness (QED) is 0.330. The molecular formula is C26H21NO. The van der Waals surface area contributed by atoms with E-state index in [1.54, 1.807) is 0 Å². The molecule has 0 spiro atoms. The molecule has 0 aliphatic carbocycles. The lowest BCUT2D eigenvalue weighted by Gasteiger charge is -2.23. The highest BCUT2D eigenvalue weighted by Gasteiger charge is 2.12. The van der Waals surface area contributed by atoms with Crippen molar-refractivity contribution in [2.45, 2.75) is 6.92 Å². The van der Waals surface area contributed by atoms with E-state index in [1.807, 2.05) is 18.2 Å². The minimum atomic E-state index is 0.885. The molecule has 0 N–H and O–H groups in total. The molecule has 0 unspecified atom stereocenters. The number of nitrogens with zero attached hydrogens (tertiary/aromatic N) is 1. The molecule has 5 aromatic rings. The van der Waals surface area contributed by atoms with Gasteiger partial charge in [-0.15, -0.1) is 0 Å². The topological polar surface area (TPSA) is 16.4 Å². The van der Waals surface area contributed by atoms with Crippen molar-refractivity contribution in [3.8, 4) is 11.1 Å². The fourth-order valence-corrected chi connectivity index (χ4v) is 3.86. The molecule has 0 aliphatic rings. The molecule has 2 nitrogen and oxygen atoms in total. The third kappa shape index (κ3) is 2.84. The number of furan rings is 1. The van der Waals surface area contributed by atoms with Gasteiger partial charge in [-0.3, -0.25) is 0 Å². The van der Waals surface area contributed by atoms with Gasteiger partial charge in [-0.2, -0.15) is 0 Å². The molecule has 0 saturated carbocycles. The Hall–Kier alpha value is -3.52. The zero-order valence-electron chi connectivity index (χ0n) is 15.8. The van der Waals surface area contributed by atoms with Crippen molar-refractivity contribution in [2.75, 3.05) is 11.4 Å². The lowest BCUT2D eigenvalue weighted by Crippen LogP contribution is -2.15. The fourth-order valence-electron chi connectivity index (χ4n) is 3.86. The Balaban J connectivity index is 1.52. The summed E-state index contributed by atoms with van der Waals surface area (Å²) in [7, 11) is 0. The molecule has 5 rings (SSSR count). The van der Waals surface area contributed by atoms with E-state index in [1.165, 1.54) is 22.2 Å². The summed E-state index contributed by atoms with van der Waals surface area (Å²) in [6.07, 6.45) is 0. The zero-order valence-corrected chi connectivity index (χ0v) is 15.8. The van der Waals surface area contributed by atoms with Crippen molar-refractivity contribution >= 4 is 33.3 Å². The summed E-state index contributed by atoms with van der Waals surface area (Å²) in [6.45, 7) is 3.06. The van der Waals surface area contributed by atoms with E-state index in [9.17, 15) is 0 Å². The van der Waals surface area contributed by atoms with Gasteiger partial charge >= 0.3 is 0 Å². The van der Waals surface area contributed by atoms with Crippen LogP contribution in [-0.4, -0.2) is 6.54 Å². The minimum Gasteiger partial charge on any atom is -0.456 e. The molecule has 0 fully saturated rings. The van der Waals surface area contributed by atoms with Gasteiger partial charge in [0.25, 0.3) is 0 Å². The van der Waals surface area contributed by atoms with E-state index in [0.29, 0.717) is 0 Å². The molecule has 1 aromatic heterocycles. The van der Waals surface area contributed by atoms with Crippen LogP contribution in [0.1, 0.15) is 6.92 Å². The highest BCUT2D eigenvalue weighted by molar-refractivity contribution is 6.05. The standard InChI is InChI=1S/C26H21NO/c1-2-27(21-14-12-20(13-15-21)19-8-4-3-5-9-19)22-16-17-24-23-10-6-7-11-25(23)28-26(24)18-22/h3-18H,2H2,1H3. The van der Waals surface area contributed by atoms with E-state index >= 15 is 0 Å². The van der Waals surface area contributed by atoms with Crippen molar-refractivity contribution in [1.82, 2.24) is 0 Å². The smallest absolute Gasteiger partial charge is 0.137 e. The van der Waals surface area contributed by atoms with Gasteiger partial charge in [-0.25, -0.2) is 0 Å². The van der Waals surface area contributed by atoms with Gasteiger partial charge < -0.3 is 9.32 Å². The normalized spacial score (nSPS) is 11.2. The first-order valence-corrected chi connectivity index (χ1v) is 9.68. The number of para-hydroxylation sites is 1. The molecule has 0 aliphatic heterocycles. The van der Waals surface area contributed by atoms with Crippen LogP contribution < -0.4 is 4.90 Å². The highest BCUT2D eigenvalue weighted by atomic mass is 16.3. The maximum Gasteiger partial charge on any atom is 0.137 e. The molecule has 0 atom stereocenters. The Kier molecular flexibility index (Phi) is 4.10. The number of rotatable bonds is 4. The summed E-state index contributed by atoms with van der Waals surface area (Å²) >= 11 is 0. The van der Waals surface area contributed by atoms with Gasteiger partial charge in [0.2, 0.25) is 0 Å².